The first kappa shape index (κ1) is 18.3. The van der Waals surface area contributed by atoms with E-state index in [1.165, 1.54) is 6.07 Å². The van der Waals surface area contributed by atoms with Gasteiger partial charge in [-0.1, -0.05) is 11.2 Å². The predicted octanol–water partition coefficient (Wildman–Crippen LogP) is 2.64. The van der Waals surface area contributed by atoms with Crippen LogP contribution in [0.4, 0.5) is 4.39 Å². The van der Waals surface area contributed by atoms with E-state index in [9.17, 15) is 4.39 Å². The zero-order valence-electron chi connectivity index (χ0n) is 14.1. The number of hydrogen-bond acceptors (Lipinski definition) is 5. The van der Waals surface area contributed by atoms with E-state index >= 15 is 0 Å². The Labute approximate surface area is 145 Å². The van der Waals surface area contributed by atoms with Gasteiger partial charge >= 0.3 is 0 Å². The van der Waals surface area contributed by atoms with Crippen LogP contribution in [0, 0.1) is 12.7 Å². The van der Waals surface area contributed by atoms with Crippen LogP contribution < -0.4 is 10.6 Å². The quantitative estimate of drug-likeness (QED) is 0.590. The van der Waals surface area contributed by atoms with Crippen LogP contribution in [-0.4, -0.2) is 28.9 Å². The van der Waals surface area contributed by atoms with Crippen molar-refractivity contribution in [2.75, 3.05) is 12.8 Å². The molecule has 2 aromatic rings. The molecule has 0 saturated heterocycles. The molecule has 6 nitrogen and oxygen atoms in total. The summed E-state index contributed by atoms with van der Waals surface area (Å²) < 4.78 is 18.5. The summed E-state index contributed by atoms with van der Waals surface area (Å²) in [6, 6.07) is 4.83. The number of rotatable bonds is 7. The van der Waals surface area contributed by atoms with Gasteiger partial charge in [-0.25, -0.2) is 9.38 Å². The van der Waals surface area contributed by atoms with Gasteiger partial charge in [0.1, 0.15) is 5.82 Å². The molecule has 0 spiro atoms. The maximum absolute atomic E-state index is 13.4. The molecule has 2 rings (SSSR count). The van der Waals surface area contributed by atoms with Gasteiger partial charge < -0.3 is 15.2 Å². The minimum atomic E-state index is -0.219. The van der Waals surface area contributed by atoms with Gasteiger partial charge in [0, 0.05) is 12.3 Å². The molecule has 2 N–H and O–H groups in total. The number of guanidine groups is 1. The number of aromatic nitrogens is 2. The van der Waals surface area contributed by atoms with E-state index in [0.29, 0.717) is 30.8 Å². The minimum Gasteiger partial charge on any atom is -0.357 e. The largest absolute Gasteiger partial charge is 0.357 e. The van der Waals surface area contributed by atoms with Crippen LogP contribution >= 0.6 is 11.8 Å². The van der Waals surface area contributed by atoms with E-state index in [0.717, 1.165) is 23.4 Å². The first-order valence-corrected chi connectivity index (χ1v) is 9.09. The summed E-state index contributed by atoms with van der Waals surface area (Å²) in [5.41, 5.74) is 1.98. The molecule has 0 atom stereocenters. The Balaban J connectivity index is 2.04. The average Bonchev–Trinajstić information content (AvgIpc) is 2.97. The number of aryl methyl sites for hydroxylation is 1. The first-order chi connectivity index (χ1) is 11.6. The monoisotopic (exact) mass is 351 g/mol. The molecule has 0 unspecified atom stereocenters. The third kappa shape index (κ3) is 5.52. The van der Waals surface area contributed by atoms with E-state index in [-0.39, 0.29) is 5.82 Å². The Morgan fingerprint density at radius 3 is 2.83 bits per heavy atom. The SMILES string of the molecule is CCNC(=NCc1ccc(F)cc1CSC)NCc1nc(C)no1. The summed E-state index contributed by atoms with van der Waals surface area (Å²) in [7, 11) is 0. The molecule has 1 aromatic heterocycles. The summed E-state index contributed by atoms with van der Waals surface area (Å²) in [5.74, 6) is 2.29. The second kappa shape index (κ2) is 9.27. The fourth-order valence-corrected chi connectivity index (χ4v) is 2.70. The molecule has 0 fully saturated rings. The highest BCUT2D eigenvalue weighted by Crippen LogP contribution is 2.17. The lowest BCUT2D eigenvalue weighted by molar-refractivity contribution is 0.371. The van der Waals surface area contributed by atoms with Gasteiger partial charge in [-0.2, -0.15) is 16.7 Å². The van der Waals surface area contributed by atoms with E-state index in [4.69, 9.17) is 4.52 Å². The third-order valence-corrected chi connectivity index (χ3v) is 3.80. The molecular formula is C16H22FN5OS. The standard InChI is InChI=1S/C16H22FN5OS/c1-4-18-16(20-9-15-21-11(2)22-23-15)19-8-12-5-6-14(17)7-13(12)10-24-3/h5-7H,4,8-10H2,1-3H3,(H2,18,19,20). The maximum atomic E-state index is 13.4. The third-order valence-electron chi connectivity index (χ3n) is 3.20. The van der Waals surface area contributed by atoms with Crippen LogP contribution in [0.2, 0.25) is 0 Å². The van der Waals surface area contributed by atoms with Gasteiger partial charge in [-0.15, -0.1) is 0 Å². The van der Waals surface area contributed by atoms with Crippen LogP contribution in [-0.2, 0) is 18.8 Å². The number of aliphatic imine (C=N–C) groups is 1. The van der Waals surface area contributed by atoms with Gasteiger partial charge in [0.15, 0.2) is 11.8 Å². The predicted molar refractivity (Wildman–Crippen MR) is 94.3 cm³/mol. The Morgan fingerprint density at radius 1 is 1.33 bits per heavy atom. The Kier molecular flexibility index (Phi) is 7.05. The lowest BCUT2D eigenvalue weighted by Crippen LogP contribution is -2.36. The molecule has 1 heterocycles. The maximum Gasteiger partial charge on any atom is 0.246 e. The van der Waals surface area contributed by atoms with E-state index in [1.807, 2.05) is 13.2 Å². The highest BCUT2D eigenvalue weighted by molar-refractivity contribution is 7.97. The van der Waals surface area contributed by atoms with Crippen molar-refractivity contribution >= 4 is 17.7 Å². The van der Waals surface area contributed by atoms with Gasteiger partial charge in [0.05, 0.1) is 13.1 Å². The number of halogens is 1. The van der Waals surface area contributed by atoms with Crippen LogP contribution in [0.25, 0.3) is 0 Å². The van der Waals surface area contributed by atoms with Gasteiger partial charge in [-0.05, 0) is 43.4 Å². The summed E-state index contributed by atoms with van der Waals surface area (Å²) in [5, 5.41) is 10.1. The van der Waals surface area contributed by atoms with Crippen molar-refractivity contribution in [2.24, 2.45) is 4.99 Å². The lowest BCUT2D eigenvalue weighted by atomic mass is 10.1. The molecule has 8 heteroatoms. The molecule has 0 radical (unpaired) electrons. The van der Waals surface area contributed by atoms with Crippen molar-refractivity contribution in [3.8, 4) is 0 Å². The molecular weight excluding hydrogens is 329 g/mol. The molecule has 0 amide bonds. The number of nitrogens with zero attached hydrogens (tertiary/aromatic N) is 3. The molecule has 0 aliphatic carbocycles. The van der Waals surface area contributed by atoms with Crippen LogP contribution in [0.5, 0.6) is 0 Å². The molecule has 0 aliphatic heterocycles. The van der Waals surface area contributed by atoms with E-state index < -0.39 is 0 Å². The van der Waals surface area contributed by atoms with E-state index in [1.54, 1.807) is 30.8 Å². The molecule has 0 saturated carbocycles. The van der Waals surface area contributed by atoms with Crippen molar-refractivity contribution in [1.29, 1.82) is 0 Å². The fraction of sp³-hybridized carbons (Fsp3) is 0.438. The zero-order valence-corrected chi connectivity index (χ0v) is 14.9. The normalized spacial score (nSPS) is 11.6. The highest BCUT2D eigenvalue weighted by atomic mass is 32.2. The smallest absolute Gasteiger partial charge is 0.246 e. The number of thioether (sulfide) groups is 1. The van der Waals surface area contributed by atoms with Gasteiger partial charge in [-0.3, -0.25) is 0 Å². The average molecular weight is 351 g/mol. The van der Waals surface area contributed by atoms with Crippen LogP contribution in [0.3, 0.4) is 0 Å². The second-order valence-corrected chi connectivity index (χ2v) is 6.00. The highest BCUT2D eigenvalue weighted by Gasteiger charge is 2.06. The summed E-state index contributed by atoms with van der Waals surface area (Å²) in [4.78, 5) is 8.69. The summed E-state index contributed by atoms with van der Waals surface area (Å²) in [6.07, 6.45) is 2.00. The number of nitrogens with one attached hydrogen (secondary N) is 2. The van der Waals surface area contributed by atoms with Crippen molar-refractivity contribution in [1.82, 2.24) is 20.8 Å². The zero-order chi connectivity index (χ0) is 17.4. The molecule has 0 bridgehead atoms. The topological polar surface area (TPSA) is 75.3 Å². The van der Waals surface area contributed by atoms with Crippen molar-refractivity contribution in [3.63, 3.8) is 0 Å². The second-order valence-electron chi connectivity index (χ2n) is 5.13. The number of benzene rings is 1. The Morgan fingerprint density at radius 2 is 2.17 bits per heavy atom. The molecule has 130 valence electrons. The molecule has 1 aromatic carbocycles. The van der Waals surface area contributed by atoms with E-state index in [2.05, 4.69) is 25.8 Å². The summed E-state index contributed by atoms with van der Waals surface area (Å²) >= 11 is 1.66. The van der Waals surface area contributed by atoms with Crippen molar-refractivity contribution < 1.29 is 8.91 Å². The summed E-state index contributed by atoms with van der Waals surface area (Å²) in [6.45, 7) is 5.36. The van der Waals surface area contributed by atoms with Crippen molar-refractivity contribution in [2.45, 2.75) is 32.7 Å². The van der Waals surface area contributed by atoms with Gasteiger partial charge in [0.25, 0.3) is 0 Å². The van der Waals surface area contributed by atoms with Crippen molar-refractivity contribution in [3.05, 3.63) is 46.9 Å². The van der Waals surface area contributed by atoms with Gasteiger partial charge in [0.2, 0.25) is 5.89 Å². The Hall–Kier alpha value is -2.09. The molecule has 0 aliphatic rings. The van der Waals surface area contributed by atoms with Crippen LogP contribution in [0.15, 0.2) is 27.7 Å². The minimum absolute atomic E-state index is 0.219. The number of hydrogen-bond donors (Lipinski definition) is 2. The lowest BCUT2D eigenvalue weighted by Gasteiger charge is -2.11. The first-order valence-electron chi connectivity index (χ1n) is 7.70. The molecule has 24 heavy (non-hydrogen) atoms. The van der Waals surface area contributed by atoms with Crippen LogP contribution in [0.1, 0.15) is 29.8 Å². The Bertz CT molecular complexity index is 689. The fourth-order valence-electron chi connectivity index (χ4n) is 2.12.